The predicted molar refractivity (Wildman–Crippen MR) is 115 cm³/mol. The van der Waals surface area contributed by atoms with Crippen LogP contribution in [0.5, 0.6) is 0 Å². The van der Waals surface area contributed by atoms with Crippen molar-refractivity contribution in [3.63, 3.8) is 0 Å². The van der Waals surface area contributed by atoms with Crippen molar-refractivity contribution in [3.05, 3.63) is 90.4 Å². The van der Waals surface area contributed by atoms with Gasteiger partial charge in [-0.2, -0.15) is 0 Å². The van der Waals surface area contributed by atoms with Gasteiger partial charge >= 0.3 is 0 Å². The molecule has 0 saturated carbocycles. The highest BCUT2D eigenvalue weighted by molar-refractivity contribution is 5.95. The molecule has 6 nitrogen and oxygen atoms in total. The SMILES string of the molecule is O=C(c1ccco1)N1CCN(CC(=O)N(Cc2ccccc2)c2ccccc2)CC1. The van der Waals surface area contributed by atoms with E-state index in [1.807, 2.05) is 65.6 Å². The van der Waals surface area contributed by atoms with Crippen molar-refractivity contribution in [1.29, 1.82) is 0 Å². The maximum atomic E-state index is 13.2. The van der Waals surface area contributed by atoms with Gasteiger partial charge in [0.05, 0.1) is 19.4 Å². The van der Waals surface area contributed by atoms with Gasteiger partial charge < -0.3 is 14.2 Å². The Morgan fingerprint density at radius 1 is 0.833 bits per heavy atom. The molecule has 2 heterocycles. The van der Waals surface area contributed by atoms with E-state index in [1.165, 1.54) is 6.26 Å². The molecule has 2 amide bonds. The van der Waals surface area contributed by atoms with E-state index in [2.05, 4.69) is 4.90 Å². The monoisotopic (exact) mass is 403 g/mol. The third kappa shape index (κ3) is 4.78. The minimum atomic E-state index is -0.0963. The summed E-state index contributed by atoms with van der Waals surface area (Å²) >= 11 is 0. The van der Waals surface area contributed by atoms with Crippen LogP contribution in [0, 0.1) is 0 Å². The summed E-state index contributed by atoms with van der Waals surface area (Å²) in [6.07, 6.45) is 1.51. The number of benzene rings is 2. The molecule has 0 bridgehead atoms. The Labute approximate surface area is 176 Å². The van der Waals surface area contributed by atoms with Crippen LogP contribution in [0.1, 0.15) is 16.1 Å². The molecule has 1 aromatic heterocycles. The molecule has 0 spiro atoms. The van der Waals surface area contributed by atoms with Crippen molar-refractivity contribution >= 4 is 17.5 Å². The van der Waals surface area contributed by atoms with E-state index in [4.69, 9.17) is 4.42 Å². The number of rotatable bonds is 6. The molecule has 4 rings (SSSR count). The Bertz CT molecular complexity index is 950. The largest absolute Gasteiger partial charge is 0.459 e. The summed E-state index contributed by atoms with van der Waals surface area (Å²) in [5.41, 5.74) is 1.97. The summed E-state index contributed by atoms with van der Waals surface area (Å²) in [5, 5.41) is 0. The number of furan rings is 1. The van der Waals surface area contributed by atoms with Gasteiger partial charge in [0.25, 0.3) is 5.91 Å². The summed E-state index contributed by atoms with van der Waals surface area (Å²) in [4.78, 5) is 31.3. The average Bonchev–Trinajstić information content (AvgIpc) is 3.34. The first-order chi connectivity index (χ1) is 14.7. The fraction of sp³-hybridized carbons (Fsp3) is 0.250. The van der Waals surface area contributed by atoms with Crippen LogP contribution in [0.15, 0.2) is 83.5 Å². The van der Waals surface area contributed by atoms with Crippen molar-refractivity contribution in [3.8, 4) is 0 Å². The van der Waals surface area contributed by atoms with Crippen LogP contribution in [-0.2, 0) is 11.3 Å². The summed E-state index contributed by atoms with van der Waals surface area (Å²) in [6.45, 7) is 3.33. The van der Waals surface area contributed by atoms with Gasteiger partial charge in [0.15, 0.2) is 5.76 Å². The maximum Gasteiger partial charge on any atom is 0.289 e. The van der Waals surface area contributed by atoms with Gasteiger partial charge in [-0.15, -0.1) is 0 Å². The Kier molecular flexibility index (Phi) is 6.25. The normalized spacial score (nSPS) is 14.5. The second-order valence-corrected chi connectivity index (χ2v) is 7.35. The summed E-state index contributed by atoms with van der Waals surface area (Å²) in [6, 6.07) is 23.2. The average molecular weight is 403 g/mol. The molecule has 30 heavy (non-hydrogen) atoms. The van der Waals surface area contributed by atoms with Gasteiger partial charge in [0.1, 0.15) is 0 Å². The molecule has 154 valence electrons. The Morgan fingerprint density at radius 3 is 2.13 bits per heavy atom. The lowest BCUT2D eigenvalue weighted by Crippen LogP contribution is -2.51. The lowest BCUT2D eigenvalue weighted by molar-refractivity contribution is -0.120. The molecule has 1 aliphatic rings. The van der Waals surface area contributed by atoms with Crippen molar-refractivity contribution in [2.75, 3.05) is 37.6 Å². The highest BCUT2D eigenvalue weighted by atomic mass is 16.3. The first-order valence-electron chi connectivity index (χ1n) is 10.2. The van der Waals surface area contributed by atoms with E-state index in [0.29, 0.717) is 45.0 Å². The standard InChI is InChI=1S/C24H25N3O3/c28-23(19-25-13-15-26(16-14-25)24(29)22-12-7-17-30-22)27(21-10-5-2-6-11-21)18-20-8-3-1-4-9-20/h1-12,17H,13-16,18-19H2. The van der Waals surface area contributed by atoms with Gasteiger partial charge in [-0.1, -0.05) is 48.5 Å². The zero-order valence-electron chi connectivity index (χ0n) is 16.8. The molecular weight excluding hydrogens is 378 g/mol. The zero-order chi connectivity index (χ0) is 20.8. The van der Waals surface area contributed by atoms with E-state index in [-0.39, 0.29) is 11.8 Å². The topological polar surface area (TPSA) is 57.0 Å². The molecule has 0 N–H and O–H groups in total. The zero-order valence-corrected chi connectivity index (χ0v) is 16.8. The number of anilines is 1. The minimum absolute atomic E-state index is 0.0517. The van der Waals surface area contributed by atoms with Crippen molar-refractivity contribution in [2.45, 2.75) is 6.54 Å². The van der Waals surface area contributed by atoms with E-state index in [0.717, 1.165) is 11.3 Å². The lowest BCUT2D eigenvalue weighted by atomic mass is 10.2. The maximum absolute atomic E-state index is 13.2. The highest BCUT2D eigenvalue weighted by Crippen LogP contribution is 2.18. The lowest BCUT2D eigenvalue weighted by Gasteiger charge is -2.35. The molecule has 2 aromatic carbocycles. The van der Waals surface area contributed by atoms with Gasteiger partial charge in [0.2, 0.25) is 5.91 Å². The third-order valence-corrected chi connectivity index (χ3v) is 5.30. The van der Waals surface area contributed by atoms with Gasteiger partial charge in [-0.3, -0.25) is 14.5 Å². The van der Waals surface area contributed by atoms with E-state index < -0.39 is 0 Å². The number of nitrogens with zero attached hydrogens (tertiary/aromatic N) is 3. The van der Waals surface area contributed by atoms with Crippen LogP contribution in [-0.4, -0.2) is 54.3 Å². The molecule has 0 atom stereocenters. The van der Waals surface area contributed by atoms with Crippen LogP contribution in [0.3, 0.4) is 0 Å². The summed E-state index contributed by atoms with van der Waals surface area (Å²) in [5.74, 6) is 0.314. The molecule has 6 heteroatoms. The second kappa shape index (κ2) is 9.41. The number of hydrogen-bond donors (Lipinski definition) is 0. The van der Waals surface area contributed by atoms with Crippen LogP contribution in [0.25, 0.3) is 0 Å². The number of carbonyl (C=O) groups is 2. The highest BCUT2D eigenvalue weighted by Gasteiger charge is 2.26. The first kappa shape index (κ1) is 19.9. The Hall–Kier alpha value is -3.38. The van der Waals surface area contributed by atoms with E-state index >= 15 is 0 Å². The van der Waals surface area contributed by atoms with Gasteiger partial charge in [-0.05, 0) is 29.8 Å². The molecule has 0 aliphatic carbocycles. The molecule has 3 aromatic rings. The fourth-order valence-corrected chi connectivity index (χ4v) is 3.64. The Balaban J connectivity index is 1.39. The van der Waals surface area contributed by atoms with Crippen LogP contribution in [0.2, 0.25) is 0 Å². The van der Waals surface area contributed by atoms with Crippen LogP contribution < -0.4 is 4.90 Å². The Morgan fingerprint density at radius 2 is 1.50 bits per heavy atom. The van der Waals surface area contributed by atoms with Crippen molar-refractivity contribution in [1.82, 2.24) is 9.80 Å². The first-order valence-corrected chi connectivity index (χ1v) is 10.2. The number of hydrogen-bond acceptors (Lipinski definition) is 4. The van der Waals surface area contributed by atoms with Gasteiger partial charge in [0, 0.05) is 31.9 Å². The number of carbonyl (C=O) groups excluding carboxylic acids is 2. The van der Waals surface area contributed by atoms with E-state index in [1.54, 1.807) is 17.0 Å². The smallest absolute Gasteiger partial charge is 0.289 e. The quantitative estimate of drug-likeness (QED) is 0.634. The van der Waals surface area contributed by atoms with Gasteiger partial charge in [-0.25, -0.2) is 0 Å². The molecule has 1 saturated heterocycles. The third-order valence-electron chi connectivity index (χ3n) is 5.30. The van der Waals surface area contributed by atoms with E-state index in [9.17, 15) is 9.59 Å². The molecule has 0 radical (unpaired) electrons. The molecular formula is C24H25N3O3. The van der Waals surface area contributed by atoms with Crippen molar-refractivity contribution in [2.24, 2.45) is 0 Å². The number of para-hydroxylation sites is 1. The molecule has 1 fully saturated rings. The summed E-state index contributed by atoms with van der Waals surface area (Å²) in [7, 11) is 0. The number of amides is 2. The van der Waals surface area contributed by atoms with Crippen LogP contribution >= 0.6 is 0 Å². The predicted octanol–water partition coefficient (Wildman–Crippen LogP) is 3.27. The molecule has 0 unspecified atom stereocenters. The molecule has 1 aliphatic heterocycles. The van der Waals surface area contributed by atoms with Crippen LogP contribution in [0.4, 0.5) is 5.69 Å². The second-order valence-electron chi connectivity index (χ2n) is 7.35. The number of piperazine rings is 1. The minimum Gasteiger partial charge on any atom is -0.459 e. The summed E-state index contributed by atoms with van der Waals surface area (Å²) < 4.78 is 5.21. The van der Waals surface area contributed by atoms with Crippen molar-refractivity contribution < 1.29 is 14.0 Å². The fourth-order valence-electron chi connectivity index (χ4n) is 3.64.